The van der Waals surface area contributed by atoms with Crippen LogP contribution in [0.3, 0.4) is 0 Å². The van der Waals surface area contributed by atoms with E-state index in [4.69, 9.17) is 9.47 Å². The molecule has 140 valence electrons. The largest absolute Gasteiger partial charge is 0.494 e. The van der Waals surface area contributed by atoms with Gasteiger partial charge < -0.3 is 14.4 Å². The van der Waals surface area contributed by atoms with Crippen molar-refractivity contribution in [3.05, 3.63) is 30.3 Å². The van der Waals surface area contributed by atoms with E-state index in [2.05, 4.69) is 6.92 Å². The molecule has 1 aromatic carbocycles. The summed E-state index contributed by atoms with van der Waals surface area (Å²) >= 11 is 0. The molecule has 25 heavy (non-hydrogen) atoms. The topological polar surface area (TPSA) is 55.8 Å². The molecule has 5 heteroatoms. The van der Waals surface area contributed by atoms with Crippen LogP contribution >= 0.6 is 0 Å². The predicted molar refractivity (Wildman–Crippen MR) is 98.5 cm³/mol. The van der Waals surface area contributed by atoms with E-state index in [1.54, 1.807) is 11.8 Å². The lowest BCUT2D eigenvalue weighted by molar-refractivity contribution is -0.144. The van der Waals surface area contributed by atoms with Crippen molar-refractivity contribution < 1.29 is 19.1 Å². The highest BCUT2D eigenvalue weighted by Crippen LogP contribution is 2.10. The third kappa shape index (κ3) is 9.75. The molecule has 5 nitrogen and oxygen atoms in total. The molecule has 0 heterocycles. The zero-order valence-corrected chi connectivity index (χ0v) is 15.5. The maximum atomic E-state index is 12.4. The lowest BCUT2D eigenvalue weighted by Gasteiger charge is -2.22. The first-order valence-corrected chi connectivity index (χ1v) is 9.28. The van der Waals surface area contributed by atoms with Gasteiger partial charge >= 0.3 is 5.97 Å². The average Bonchev–Trinajstić information content (AvgIpc) is 2.62. The molecule has 0 aliphatic heterocycles. The number of ether oxygens (including phenoxy) is 2. The lowest BCUT2D eigenvalue weighted by Crippen LogP contribution is -2.34. The number of nitrogens with zero attached hydrogens (tertiary/aromatic N) is 1. The van der Waals surface area contributed by atoms with Crippen LogP contribution < -0.4 is 4.74 Å². The number of unbranched alkanes of at least 4 members (excludes halogenated alkanes) is 2. The fraction of sp³-hybridized carbons (Fsp3) is 0.600. The molecule has 0 unspecified atom stereocenters. The Kier molecular flexibility index (Phi) is 11.2. The normalized spacial score (nSPS) is 10.3. The molecule has 0 saturated heterocycles. The van der Waals surface area contributed by atoms with Gasteiger partial charge in [-0.05, 0) is 31.9 Å². The van der Waals surface area contributed by atoms with Crippen LogP contribution in [0.2, 0.25) is 0 Å². The molecule has 0 aliphatic carbocycles. The van der Waals surface area contributed by atoms with Gasteiger partial charge in [0.25, 0.3) is 0 Å². The molecule has 0 N–H and O–H groups in total. The second kappa shape index (κ2) is 13.3. The number of esters is 1. The smallest absolute Gasteiger partial charge is 0.307 e. The number of rotatable bonds is 13. The summed E-state index contributed by atoms with van der Waals surface area (Å²) in [6.07, 6.45) is 4.50. The quantitative estimate of drug-likeness (QED) is 0.401. The summed E-state index contributed by atoms with van der Waals surface area (Å²) < 4.78 is 10.6. The highest BCUT2D eigenvalue weighted by atomic mass is 16.5. The summed E-state index contributed by atoms with van der Waals surface area (Å²) in [7, 11) is 0. The van der Waals surface area contributed by atoms with Crippen molar-refractivity contribution in [3.63, 3.8) is 0 Å². The Morgan fingerprint density at radius 3 is 2.40 bits per heavy atom. The lowest BCUT2D eigenvalue weighted by atomic mass is 10.2. The van der Waals surface area contributed by atoms with Crippen molar-refractivity contribution in [2.24, 2.45) is 0 Å². The van der Waals surface area contributed by atoms with Crippen LogP contribution in [0.5, 0.6) is 5.75 Å². The number of benzene rings is 1. The van der Waals surface area contributed by atoms with E-state index in [-0.39, 0.29) is 18.3 Å². The summed E-state index contributed by atoms with van der Waals surface area (Å²) in [5.74, 6) is 0.650. The monoisotopic (exact) mass is 349 g/mol. The van der Waals surface area contributed by atoms with Gasteiger partial charge in [-0.2, -0.15) is 0 Å². The van der Waals surface area contributed by atoms with Crippen molar-refractivity contribution in [2.75, 3.05) is 26.3 Å². The van der Waals surface area contributed by atoms with Crippen molar-refractivity contribution in [1.82, 2.24) is 4.90 Å². The van der Waals surface area contributed by atoms with Crippen LogP contribution in [0, 0.1) is 0 Å². The first kappa shape index (κ1) is 21.0. The number of carbonyl (C=O) groups excluding carboxylic acids is 2. The molecule has 0 atom stereocenters. The number of carbonyl (C=O) groups is 2. The number of hydrogen-bond donors (Lipinski definition) is 0. The summed E-state index contributed by atoms with van der Waals surface area (Å²) in [5, 5.41) is 0. The van der Waals surface area contributed by atoms with Crippen LogP contribution in [-0.2, 0) is 14.3 Å². The fourth-order valence-electron chi connectivity index (χ4n) is 2.46. The van der Waals surface area contributed by atoms with Crippen LogP contribution in [-0.4, -0.2) is 43.1 Å². The Morgan fingerprint density at radius 1 is 0.960 bits per heavy atom. The van der Waals surface area contributed by atoms with Gasteiger partial charge in [0, 0.05) is 19.5 Å². The van der Waals surface area contributed by atoms with Gasteiger partial charge in [0.1, 0.15) is 5.75 Å². The van der Waals surface area contributed by atoms with Crippen molar-refractivity contribution in [2.45, 2.75) is 52.4 Å². The van der Waals surface area contributed by atoms with Crippen LogP contribution in [0.25, 0.3) is 0 Å². The third-order valence-corrected chi connectivity index (χ3v) is 3.82. The first-order valence-electron chi connectivity index (χ1n) is 9.28. The molecule has 0 aliphatic rings. The molecule has 0 saturated carbocycles. The van der Waals surface area contributed by atoms with Crippen LogP contribution in [0.15, 0.2) is 30.3 Å². The molecule has 1 rings (SSSR count). The molecule has 0 radical (unpaired) electrons. The van der Waals surface area contributed by atoms with E-state index >= 15 is 0 Å². The third-order valence-electron chi connectivity index (χ3n) is 3.82. The minimum Gasteiger partial charge on any atom is -0.494 e. The van der Waals surface area contributed by atoms with Gasteiger partial charge in [-0.1, -0.05) is 38.0 Å². The van der Waals surface area contributed by atoms with Gasteiger partial charge in [0.05, 0.1) is 19.6 Å². The zero-order chi connectivity index (χ0) is 18.3. The molecule has 0 spiro atoms. The van der Waals surface area contributed by atoms with Gasteiger partial charge in [-0.15, -0.1) is 0 Å². The number of hydrogen-bond acceptors (Lipinski definition) is 4. The summed E-state index contributed by atoms with van der Waals surface area (Å²) in [6.45, 7) is 5.93. The summed E-state index contributed by atoms with van der Waals surface area (Å²) in [4.78, 5) is 25.8. The van der Waals surface area contributed by atoms with Gasteiger partial charge in [0.15, 0.2) is 0 Å². The van der Waals surface area contributed by atoms with E-state index in [0.717, 1.165) is 25.0 Å². The van der Waals surface area contributed by atoms with Gasteiger partial charge in [-0.3, -0.25) is 9.59 Å². The van der Waals surface area contributed by atoms with E-state index < -0.39 is 0 Å². The molecular formula is C20H31NO4. The Hall–Kier alpha value is -2.04. The molecule has 0 bridgehead atoms. The maximum absolute atomic E-state index is 12.4. The average molecular weight is 349 g/mol. The van der Waals surface area contributed by atoms with E-state index in [1.165, 1.54) is 0 Å². The zero-order valence-electron chi connectivity index (χ0n) is 15.5. The Morgan fingerprint density at radius 2 is 1.72 bits per heavy atom. The molecular weight excluding hydrogens is 318 g/mol. The standard InChI is InChI=1S/C20H31NO4/c1-3-5-9-15-21(16-14-20(23)24-4-2)19(22)13-10-17-25-18-11-7-6-8-12-18/h6-8,11-12H,3-5,9-10,13-17H2,1-2H3. The summed E-state index contributed by atoms with van der Waals surface area (Å²) in [5.41, 5.74) is 0. The molecule has 1 aromatic rings. The number of amides is 1. The van der Waals surface area contributed by atoms with Crippen LogP contribution in [0.1, 0.15) is 52.4 Å². The fourth-order valence-corrected chi connectivity index (χ4v) is 2.46. The van der Waals surface area contributed by atoms with E-state index in [1.807, 2.05) is 30.3 Å². The van der Waals surface area contributed by atoms with Crippen molar-refractivity contribution in [1.29, 1.82) is 0 Å². The summed E-state index contributed by atoms with van der Waals surface area (Å²) in [6, 6.07) is 9.58. The van der Waals surface area contributed by atoms with Crippen molar-refractivity contribution in [3.8, 4) is 5.75 Å². The first-order chi connectivity index (χ1) is 12.2. The molecule has 0 fully saturated rings. The van der Waals surface area contributed by atoms with Crippen LogP contribution in [0.4, 0.5) is 0 Å². The Bertz CT molecular complexity index is 490. The highest BCUT2D eigenvalue weighted by molar-refractivity contribution is 5.77. The Labute approximate surface area is 151 Å². The number of para-hydroxylation sites is 1. The van der Waals surface area contributed by atoms with Gasteiger partial charge in [-0.25, -0.2) is 0 Å². The maximum Gasteiger partial charge on any atom is 0.307 e. The Balaban J connectivity index is 2.35. The minimum absolute atomic E-state index is 0.0806. The minimum atomic E-state index is -0.247. The molecule has 1 amide bonds. The van der Waals surface area contributed by atoms with E-state index in [9.17, 15) is 9.59 Å². The molecule has 0 aromatic heterocycles. The second-order valence-electron chi connectivity index (χ2n) is 5.91. The van der Waals surface area contributed by atoms with Gasteiger partial charge in [0.2, 0.25) is 5.91 Å². The van der Waals surface area contributed by atoms with E-state index in [0.29, 0.717) is 39.1 Å². The van der Waals surface area contributed by atoms with Crippen molar-refractivity contribution >= 4 is 11.9 Å². The highest BCUT2D eigenvalue weighted by Gasteiger charge is 2.15. The SMILES string of the molecule is CCCCCN(CCC(=O)OCC)C(=O)CCCOc1ccccc1. The second-order valence-corrected chi connectivity index (χ2v) is 5.91. The predicted octanol–water partition coefficient (Wildman–Crippen LogP) is 3.82.